The molecule has 0 bridgehead atoms. The maximum atomic E-state index is 13.1. The van der Waals surface area contributed by atoms with Gasteiger partial charge in [-0.3, -0.25) is 9.59 Å². The van der Waals surface area contributed by atoms with Crippen molar-refractivity contribution in [2.24, 2.45) is 0 Å². The number of carbonyl (C=O) groups excluding carboxylic acids is 1. The third-order valence-electron chi connectivity index (χ3n) is 6.61. The SMILES string of the molecule is CC(C)(C)c1ccc(CC(=O)N2CCC[C@H](c3nc4c(nnn4Cc4cccs4)c(=O)[nH]3)C2)cc1. The molecule has 1 atom stereocenters. The van der Waals surface area contributed by atoms with Crippen LogP contribution in [-0.4, -0.2) is 48.9 Å². The monoisotopic (exact) mass is 490 g/mol. The molecule has 1 aromatic carbocycles. The minimum absolute atomic E-state index is 0.0295. The van der Waals surface area contributed by atoms with E-state index in [-0.39, 0.29) is 28.3 Å². The van der Waals surface area contributed by atoms with E-state index in [0.717, 1.165) is 29.8 Å². The van der Waals surface area contributed by atoms with Gasteiger partial charge in [-0.15, -0.1) is 16.4 Å². The van der Waals surface area contributed by atoms with Gasteiger partial charge >= 0.3 is 0 Å². The lowest BCUT2D eigenvalue weighted by Gasteiger charge is -2.32. The molecule has 1 N–H and O–H groups in total. The Morgan fingerprint density at radius 3 is 2.71 bits per heavy atom. The third-order valence-corrected chi connectivity index (χ3v) is 7.47. The molecule has 1 amide bonds. The molecule has 182 valence electrons. The molecule has 8 nitrogen and oxygen atoms in total. The number of rotatable bonds is 5. The topological polar surface area (TPSA) is 96.8 Å². The lowest BCUT2D eigenvalue weighted by Crippen LogP contribution is -2.40. The van der Waals surface area contributed by atoms with Crippen LogP contribution in [0.2, 0.25) is 0 Å². The standard InChI is InChI=1S/C26H30N6O2S/c1-26(2,3)19-10-8-17(9-11-19)14-21(33)31-12-4-6-18(15-31)23-27-24-22(25(34)28-23)29-30-32(24)16-20-7-5-13-35-20/h5,7-11,13,18H,4,6,12,14-16H2,1-3H3,(H,27,28,34)/t18-/m0/s1. The maximum absolute atomic E-state index is 13.1. The third kappa shape index (κ3) is 5.05. The highest BCUT2D eigenvalue weighted by atomic mass is 32.1. The summed E-state index contributed by atoms with van der Waals surface area (Å²) in [6.07, 6.45) is 2.11. The highest BCUT2D eigenvalue weighted by molar-refractivity contribution is 7.09. The molecule has 0 saturated carbocycles. The predicted octanol–water partition coefficient (Wildman–Crippen LogP) is 3.87. The quantitative estimate of drug-likeness (QED) is 0.458. The molecule has 35 heavy (non-hydrogen) atoms. The zero-order chi connectivity index (χ0) is 24.6. The molecule has 1 saturated heterocycles. The molecule has 3 aromatic heterocycles. The number of benzene rings is 1. The highest BCUT2D eigenvalue weighted by Crippen LogP contribution is 2.26. The van der Waals surface area contributed by atoms with Crippen LogP contribution in [0.3, 0.4) is 0 Å². The summed E-state index contributed by atoms with van der Waals surface area (Å²) in [6, 6.07) is 12.3. The maximum Gasteiger partial charge on any atom is 0.281 e. The molecule has 0 aliphatic carbocycles. The zero-order valence-corrected chi connectivity index (χ0v) is 21.1. The number of nitrogens with one attached hydrogen (secondary N) is 1. The molecular formula is C26H30N6O2S. The van der Waals surface area contributed by atoms with Crippen LogP contribution < -0.4 is 5.56 Å². The number of aromatic amines is 1. The number of amides is 1. The van der Waals surface area contributed by atoms with Crippen molar-refractivity contribution < 1.29 is 4.79 Å². The summed E-state index contributed by atoms with van der Waals surface area (Å²) in [5, 5.41) is 10.2. The van der Waals surface area contributed by atoms with E-state index in [0.29, 0.717) is 31.0 Å². The van der Waals surface area contributed by atoms with E-state index in [9.17, 15) is 9.59 Å². The van der Waals surface area contributed by atoms with Crippen LogP contribution in [-0.2, 0) is 23.2 Å². The van der Waals surface area contributed by atoms with Crippen molar-refractivity contribution in [1.82, 2.24) is 29.9 Å². The number of aromatic nitrogens is 5. The Morgan fingerprint density at radius 1 is 1.20 bits per heavy atom. The Labute approximate surface area is 208 Å². The second kappa shape index (κ2) is 9.37. The van der Waals surface area contributed by atoms with Crippen molar-refractivity contribution in [3.63, 3.8) is 0 Å². The first-order valence-corrected chi connectivity index (χ1v) is 12.9. The van der Waals surface area contributed by atoms with Crippen molar-refractivity contribution >= 4 is 28.4 Å². The number of hydrogen-bond acceptors (Lipinski definition) is 6. The normalized spacial score (nSPS) is 16.7. The molecule has 1 aliphatic heterocycles. The van der Waals surface area contributed by atoms with Crippen LogP contribution >= 0.6 is 11.3 Å². The van der Waals surface area contributed by atoms with Gasteiger partial charge in [-0.05, 0) is 40.8 Å². The first kappa shape index (κ1) is 23.4. The lowest BCUT2D eigenvalue weighted by molar-refractivity contribution is -0.131. The number of hydrogen-bond donors (Lipinski definition) is 1. The lowest BCUT2D eigenvalue weighted by atomic mass is 9.86. The minimum Gasteiger partial charge on any atom is -0.342 e. The van der Waals surface area contributed by atoms with Crippen LogP contribution in [0.15, 0.2) is 46.6 Å². The van der Waals surface area contributed by atoms with E-state index in [4.69, 9.17) is 4.98 Å². The van der Waals surface area contributed by atoms with Crippen molar-refractivity contribution in [3.8, 4) is 0 Å². The number of H-pyrrole nitrogens is 1. The van der Waals surface area contributed by atoms with Gasteiger partial charge < -0.3 is 9.88 Å². The van der Waals surface area contributed by atoms with Gasteiger partial charge in [0.25, 0.3) is 5.56 Å². The smallest absolute Gasteiger partial charge is 0.281 e. The number of thiophene rings is 1. The van der Waals surface area contributed by atoms with Gasteiger partial charge in [0, 0.05) is 23.9 Å². The van der Waals surface area contributed by atoms with Crippen molar-refractivity contribution in [1.29, 1.82) is 0 Å². The van der Waals surface area contributed by atoms with E-state index in [1.54, 1.807) is 16.0 Å². The van der Waals surface area contributed by atoms with Crippen LogP contribution in [0, 0.1) is 0 Å². The predicted molar refractivity (Wildman–Crippen MR) is 137 cm³/mol. The molecule has 4 heterocycles. The Hall–Kier alpha value is -3.33. The Bertz CT molecular complexity index is 1380. The number of nitrogens with zero attached hydrogens (tertiary/aromatic N) is 5. The number of piperidine rings is 1. The number of carbonyl (C=O) groups is 1. The first-order valence-electron chi connectivity index (χ1n) is 12.0. The fourth-order valence-electron chi connectivity index (χ4n) is 4.57. The molecule has 5 rings (SSSR count). The average Bonchev–Trinajstić information content (AvgIpc) is 3.50. The Morgan fingerprint density at radius 2 is 2.00 bits per heavy atom. The molecule has 9 heteroatoms. The van der Waals surface area contributed by atoms with Crippen LogP contribution in [0.25, 0.3) is 11.2 Å². The van der Waals surface area contributed by atoms with Gasteiger partial charge in [-0.1, -0.05) is 56.3 Å². The first-order chi connectivity index (χ1) is 16.8. The molecule has 0 radical (unpaired) electrons. The summed E-state index contributed by atoms with van der Waals surface area (Å²) < 4.78 is 1.67. The van der Waals surface area contributed by atoms with Crippen LogP contribution in [0.4, 0.5) is 0 Å². The largest absolute Gasteiger partial charge is 0.342 e. The fourth-order valence-corrected chi connectivity index (χ4v) is 5.25. The summed E-state index contributed by atoms with van der Waals surface area (Å²) >= 11 is 1.63. The highest BCUT2D eigenvalue weighted by Gasteiger charge is 2.27. The van der Waals surface area contributed by atoms with Crippen LogP contribution in [0.1, 0.15) is 61.4 Å². The van der Waals surface area contributed by atoms with Gasteiger partial charge in [0.05, 0.1) is 13.0 Å². The molecule has 1 fully saturated rings. The van der Waals surface area contributed by atoms with Crippen LogP contribution in [0.5, 0.6) is 0 Å². The molecule has 0 unspecified atom stereocenters. The van der Waals surface area contributed by atoms with E-state index in [2.05, 4.69) is 60.3 Å². The van der Waals surface area contributed by atoms with E-state index < -0.39 is 0 Å². The van der Waals surface area contributed by atoms with Gasteiger partial charge in [-0.2, -0.15) is 0 Å². The zero-order valence-electron chi connectivity index (χ0n) is 20.3. The number of fused-ring (bicyclic) bond motifs is 1. The van der Waals surface area contributed by atoms with E-state index in [1.165, 1.54) is 5.56 Å². The van der Waals surface area contributed by atoms with E-state index >= 15 is 0 Å². The summed E-state index contributed by atoms with van der Waals surface area (Å²) in [5.41, 5.74) is 2.80. The fraction of sp³-hybridized carbons (Fsp3) is 0.423. The van der Waals surface area contributed by atoms with Crippen molar-refractivity contribution in [2.45, 2.75) is 57.9 Å². The molecule has 1 aliphatic rings. The van der Waals surface area contributed by atoms with Gasteiger partial charge in [0.15, 0.2) is 11.2 Å². The van der Waals surface area contributed by atoms with Crippen molar-refractivity contribution in [2.75, 3.05) is 13.1 Å². The second-order valence-corrected chi connectivity index (χ2v) is 11.3. The second-order valence-electron chi connectivity index (χ2n) is 10.3. The molecule has 0 spiro atoms. The van der Waals surface area contributed by atoms with Gasteiger partial charge in [0.1, 0.15) is 5.82 Å². The van der Waals surface area contributed by atoms with Crippen molar-refractivity contribution in [3.05, 3.63) is 74.0 Å². The summed E-state index contributed by atoms with van der Waals surface area (Å²) in [6.45, 7) is 8.33. The molecular weight excluding hydrogens is 460 g/mol. The minimum atomic E-state index is -0.287. The summed E-state index contributed by atoms with van der Waals surface area (Å²) in [4.78, 5) is 36.5. The number of likely N-dealkylation sites (tertiary alicyclic amines) is 1. The van der Waals surface area contributed by atoms with Gasteiger partial charge in [-0.25, -0.2) is 9.67 Å². The molecule has 4 aromatic rings. The Balaban J connectivity index is 1.32. The average molecular weight is 491 g/mol. The van der Waals surface area contributed by atoms with Gasteiger partial charge in [0.2, 0.25) is 5.91 Å². The Kier molecular flexibility index (Phi) is 6.27. The summed E-state index contributed by atoms with van der Waals surface area (Å²) in [7, 11) is 0. The summed E-state index contributed by atoms with van der Waals surface area (Å²) in [5.74, 6) is 0.674. The van der Waals surface area contributed by atoms with E-state index in [1.807, 2.05) is 22.4 Å².